The van der Waals surface area contributed by atoms with Crippen molar-refractivity contribution in [2.75, 3.05) is 17.0 Å². The Morgan fingerprint density at radius 1 is 1.43 bits per heavy atom. The summed E-state index contributed by atoms with van der Waals surface area (Å²) in [5.74, 6) is -0.665. The number of halogens is 1. The quantitative estimate of drug-likeness (QED) is 0.774. The van der Waals surface area contributed by atoms with Crippen molar-refractivity contribution in [2.24, 2.45) is 5.73 Å². The van der Waals surface area contributed by atoms with Crippen LogP contribution < -0.4 is 10.5 Å². The largest absolute Gasteiger partial charge is 0.329 e. The van der Waals surface area contributed by atoms with Gasteiger partial charge in [0.05, 0.1) is 11.4 Å². The Kier molecular flexibility index (Phi) is 3.43. The molecule has 78 valence electrons. The van der Waals surface area contributed by atoms with E-state index in [-0.39, 0.29) is 18.0 Å². The standard InChI is InChI=1S/C8H11FN2O2S/c9-7-2-1-3-8(6-7)11-14(12,13)5-4-10/h1-3,6,11H,4-5,10H2. The van der Waals surface area contributed by atoms with E-state index in [9.17, 15) is 12.8 Å². The van der Waals surface area contributed by atoms with Gasteiger partial charge >= 0.3 is 0 Å². The van der Waals surface area contributed by atoms with Crippen molar-refractivity contribution in [1.29, 1.82) is 0 Å². The third kappa shape index (κ3) is 3.31. The molecule has 0 saturated heterocycles. The second kappa shape index (κ2) is 4.39. The van der Waals surface area contributed by atoms with Crippen molar-refractivity contribution < 1.29 is 12.8 Å². The van der Waals surface area contributed by atoms with Gasteiger partial charge in [0, 0.05) is 6.54 Å². The predicted octanol–water partition coefficient (Wildman–Crippen LogP) is 0.526. The van der Waals surface area contributed by atoms with E-state index in [2.05, 4.69) is 4.72 Å². The zero-order valence-corrected chi connectivity index (χ0v) is 8.22. The summed E-state index contributed by atoms with van der Waals surface area (Å²) in [6, 6.07) is 5.24. The van der Waals surface area contributed by atoms with Crippen LogP contribution >= 0.6 is 0 Å². The highest BCUT2D eigenvalue weighted by atomic mass is 32.2. The van der Waals surface area contributed by atoms with Gasteiger partial charge in [-0.15, -0.1) is 0 Å². The monoisotopic (exact) mass is 218 g/mol. The molecule has 1 rings (SSSR count). The minimum atomic E-state index is -3.44. The van der Waals surface area contributed by atoms with Crippen LogP contribution in [0.3, 0.4) is 0 Å². The summed E-state index contributed by atoms with van der Waals surface area (Å²) in [5.41, 5.74) is 5.31. The lowest BCUT2D eigenvalue weighted by atomic mass is 10.3. The van der Waals surface area contributed by atoms with Crippen molar-refractivity contribution in [2.45, 2.75) is 0 Å². The lowest BCUT2D eigenvalue weighted by Gasteiger charge is -2.06. The van der Waals surface area contributed by atoms with Gasteiger partial charge < -0.3 is 5.73 Å². The molecule has 0 spiro atoms. The topological polar surface area (TPSA) is 72.2 Å². The average Bonchev–Trinajstić information content (AvgIpc) is 2.02. The Labute approximate surface area is 82.0 Å². The maximum absolute atomic E-state index is 12.7. The van der Waals surface area contributed by atoms with E-state index >= 15 is 0 Å². The number of nitrogens with two attached hydrogens (primary N) is 1. The molecule has 1 aromatic carbocycles. The maximum Gasteiger partial charge on any atom is 0.233 e. The van der Waals surface area contributed by atoms with Crippen molar-refractivity contribution >= 4 is 15.7 Å². The smallest absolute Gasteiger partial charge is 0.233 e. The van der Waals surface area contributed by atoms with Gasteiger partial charge in [-0.1, -0.05) is 6.07 Å². The zero-order valence-electron chi connectivity index (χ0n) is 7.40. The molecule has 0 bridgehead atoms. The van der Waals surface area contributed by atoms with E-state index in [1.165, 1.54) is 18.2 Å². The van der Waals surface area contributed by atoms with Crippen molar-refractivity contribution in [1.82, 2.24) is 0 Å². The van der Waals surface area contributed by atoms with Crippen LogP contribution in [-0.4, -0.2) is 20.7 Å². The third-order valence-corrected chi connectivity index (χ3v) is 2.80. The van der Waals surface area contributed by atoms with Gasteiger partial charge in [-0.2, -0.15) is 0 Å². The van der Waals surface area contributed by atoms with Gasteiger partial charge in [0.2, 0.25) is 10.0 Å². The second-order valence-corrected chi connectivity index (χ2v) is 4.56. The van der Waals surface area contributed by atoms with Crippen LogP contribution in [0.5, 0.6) is 0 Å². The average molecular weight is 218 g/mol. The number of sulfonamides is 1. The SMILES string of the molecule is NCCS(=O)(=O)Nc1cccc(F)c1. The Balaban J connectivity index is 2.79. The minimum Gasteiger partial charge on any atom is -0.329 e. The summed E-state index contributed by atoms with van der Waals surface area (Å²) >= 11 is 0. The highest BCUT2D eigenvalue weighted by molar-refractivity contribution is 7.92. The number of hydrogen-bond donors (Lipinski definition) is 2. The normalized spacial score (nSPS) is 11.3. The first kappa shape index (κ1) is 10.9. The van der Waals surface area contributed by atoms with Crippen LogP contribution in [-0.2, 0) is 10.0 Å². The van der Waals surface area contributed by atoms with Crippen molar-refractivity contribution in [3.05, 3.63) is 30.1 Å². The molecule has 0 heterocycles. The lowest BCUT2D eigenvalue weighted by molar-refractivity contribution is 0.601. The van der Waals surface area contributed by atoms with E-state index in [0.29, 0.717) is 0 Å². The Morgan fingerprint density at radius 3 is 2.71 bits per heavy atom. The summed E-state index contributed by atoms with van der Waals surface area (Å²) in [5, 5.41) is 0. The van der Waals surface area contributed by atoms with E-state index in [1.807, 2.05) is 0 Å². The molecule has 3 N–H and O–H groups in total. The van der Waals surface area contributed by atoms with Crippen LogP contribution in [0.15, 0.2) is 24.3 Å². The van der Waals surface area contributed by atoms with Crippen LogP contribution in [0.4, 0.5) is 10.1 Å². The Bertz CT molecular complexity index is 406. The fourth-order valence-electron chi connectivity index (χ4n) is 0.938. The molecule has 1 aromatic rings. The van der Waals surface area contributed by atoms with Crippen molar-refractivity contribution in [3.8, 4) is 0 Å². The Morgan fingerprint density at radius 2 is 2.14 bits per heavy atom. The molecule has 14 heavy (non-hydrogen) atoms. The molecule has 0 aliphatic heterocycles. The van der Waals surface area contributed by atoms with Crippen molar-refractivity contribution in [3.63, 3.8) is 0 Å². The fourth-order valence-corrected chi connectivity index (χ4v) is 1.84. The molecule has 0 aliphatic carbocycles. The van der Waals surface area contributed by atoms with Crippen LogP contribution in [0.2, 0.25) is 0 Å². The minimum absolute atomic E-state index is 0.0324. The number of anilines is 1. The molecule has 6 heteroatoms. The van der Waals surface area contributed by atoms with E-state index in [4.69, 9.17) is 5.73 Å². The number of benzene rings is 1. The summed E-state index contributed by atoms with van der Waals surface area (Å²) in [7, 11) is -3.44. The summed E-state index contributed by atoms with van der Waals surface area (Å²) < 4.78 is 37.3. The molecule has 0 unspecified atom stereocenters. The van der Waals surface area contributed by atoms with Gasteiger partial charge in [-0.25, -0.2) is 12.8 Å². The highest BCUT2D eigenvalue weighted by Gasteiger charge is 2.08. The van der Waals surface area contributed by atoms with Gasteiger partial charge in [-0.05, 0) is 18.2 Å². The molecule has 0 radical (unpaired) electrons. The summed E-state index contributed by atoms with van der Waals surface area (Å²) in [6.45, 7) is 0.0324. The fraction of sp³-hybridized carbons (Fsp3) is 0.250. The van der Waals surface area contributed by atoms with Crippen LogP contribution in [0.1, 0.15) is 0 Å². The molecule has 0 atom stereocenters. The lowest BCUT2D eigenvalue weighted by Crippen LogP contribution is -2.22. The van der Waals surface area contributed by atoms with Gasteiger partial charge in [0.1, 0.15) is 5.82 Å². The molecule has 0 aliphatic rings. The molecular formula is C8H11FN2O2S. The molecule has 4 nitrogen and oxygen atoms in total. The summed E-state index contributed by atoms with van der Waals surface area (Å²) in [6.07, 6.45) is 0. The molecule has 0 aromatic heterocycles. The number of hydrogen-bond acceptors (Lipinski definition) is 3. The first-order valence-electron chi connectivity index (χ1n) is 3.99. The maximum atomic E-state index is 12.7. The second-order valence-electron chi connectivity index (χ2n) is 2.72. The van der Waals surface area contributed by atoms with Crippen LogP contribution in [0.25, 0.3) is 0 Å². The molecule has 0 amide bonds. The molecule has 0 fully saturated rings. The Hall–Kier alpha value is -1.14. The number of rotatable bonds is 4. The third-order valence-electron chi connectivity index (χ3n) is 1.48. The first-order chi connectivity index (χ1) is 6.53. The van der Waals surface area contributed by atoms with Crippen LogP contribution in [0, 0.1) is 5.82 Å². The predicted molar refractivity (Wildman–Crippen MR) is 52.9 cm³/mol. The van der Waals surface area contributed by atoms with E-state index < -0.39 is 15.8 Å². The van der Waals surface area contributed by atoms with Gasteiger partial charge in [-0.3, -0.25) is 4.72 Å². The molecular weight excluding hydrogens is 207 g/mol. The highest BCUT2D eigenvalue weighted by Crippen LogP contribution is 2.10. The first-order valence-corrected chi connectivity index (χ1v) is 5.65. The van der Waals surface area contributed by atoms with E-state index in [1.54, 1.807) is 0 Å². The van der Waals surface area contributed by atoms with E-state index in [0.717, 1.165) is 6.07 Å². The molecule has 0 saturated carbocycles. The zero-order chi connectivity index (χ0) is 10.6. The van der Waals surface area contributed by atoms with Gasteiger partial charge in [0.25, 0.3) is 0 Å². The number of nitrogens with one attached hydrogen (secondary N) is 1. The summed E-state index contributed by atoms with van der Waals surface area (Å²) in [4.78, 5) is 0. The van der Waals surface area contributed by atoms with Gasteiger partial charge in [0.15, 0.2) is 0 Å².